The molecule has 2 aromatic rings. The second kappa shape index (κ2) is 13.2. The molecular formula is C22H27N4O8PS. The number of nitrogens with zero attached hydrogens (tertiary/aromatic N) is 3. The number of amides is 1. The van der Waals surface area contributed by atoms with Crippen molar-refractivity contribution in [3.8, 4) is 5.75 Å². The van der Waals surface area contributed by atoms with E-state index in [4.69, 9.17) is 20.3 Å². The number of aryl methyl sites for hydroxylation is 1. The van der Waals surface area contributed by atoms with E-state index in [0.29, 0.717) is 39.7 Å². The highest BCUT2D eigenvalue weighted by molar-refractivity contribution is 8.07. The van der Waals surface area contributed by atoms with E-state index in [1.54, 1.807) is 38.1 Å². The lowest BCUT2D eigenvalue weighted by Gasteiger charge is -2.22. The van der Waals surface area contributed by atoms with Gasteiger partial charge in [0.1, 0.15) is 17.4 Å². The van der Waals surface area contributed by atoms with Crippen molar-refractivity contribution in [2.24, 2.45) is 0 Å². The van der Waals surface area contributed by atoms with Gasteiger partial charge in [0.25, 0.3) is 0 Å². The van der Waals surface area contributed by atoms with Gasteiger partial charge in [-0.2, -0.15) is 0 Å². The predicted octanol–water partition coefficient (Wildman–Crippen LogP) is 2.92. The number of methoxy groups -OCH3 is 1. The number of allylic oxidation sites excluding steroid dienone is 1. The minimum Gasteiger partial charge on any atom is -0.496 e. The summed E-state index contributed by atoms with van der Waals surface area (Å²) in [4.78, 5) is 51.8. The zero-order chi connectivity index (χ0) is 26.9. The van der Waals surface area contributed by atoms with Gasteiger partial charge in [0.15, 0.2) is 0 Å². The number of nitrogen functional groups attached to an aromatic ring is 1. The fourth-order valence-corrected chi connectivity index (χ4v) is 4.29. The topological polar surface area (TPSA) is 185 Å². The number of carbonyl (C=O) groups is 2. The SMILES string of the molecule is COc1ccccc1/C=C(/S/C(CCOP(=O)(O)O)=C(/C)N(C=O)Cc1cnc(C)nc1N)C(=O)O. The summed E-state index contributed by atoms with van der Waals surface area (Å²) in [7, 11) is -3.31. The molecule has 0 aliphatic heterocycles. The Kier molecular flexibility index (Phi) is 10.6. The number of phosphoric acid groups is 1. The first-order valence-electron chi connectivity index (χ1n) is 10.4. The van der Waals surface area contributed by atoms with E-state index < -0.39 is 20.4 Å². The number of benzene rings is 1. The van der Waals surface area contributed by atoms with E-state index in [1.165, 1.54) is 24.3 Å². The molecule has 0 bridgehead atoms. The molecule has 0 unspecified atom stereocenters. The zero-order valence-corrected chi connectivity index (χ0v) is 21.5. The Balaban J connectivity index is 2.48. The molecular weight excluding hydrogens is 511 g/mol. The maximum Gasteiger partial charge on any atom is 0.469 e. The molecule has 1 aromatic heterocycles. The van der Waals surface area contributed by atoms with E-state index in [-0.39, 0.29) is 23.7 Å². The van der Waals surface area contributed by atoms with Gasteiger partial charge in [-0.25, -0.2) is 19.3 Å². The number of carbonyl (C=O) groups excluding carboxylic acids is 1. The second-order valence-corrected chi connectivity index (χ2v) is 9.68. The Morgan fingerprint density at radius 2 is 2.00 bits per heavy atom. The molecule has 36 heavy (non-hydrogen) atoms. The average Bonchev–Trinajstić information content (AvgIpc) is 2.81. The van der Waals surface area contributed by atoms with Gasteiger partial charge in [-0.1, -0.05) is 30.0 Å². The number of ether oxygens (including phenoxy) is 1. The van der Waals surface area contributed by atoms with Crippen molar-refractivity contribution in [1.82, 2.24) is 14.9 Å². The van der Waals surface area contributed by atoms with E-state index >= 15 is 0 Å². The quantitative estimate of drug-likeness (QED) is 0.166. The number of aromatic nitrogens is 2. The van der Waals surface area contributed by atoms with Crippen LogP contribution in [-0.4, -0.2) is 55.9 Å². The summed E-state index contributed by atoms with van der Waals surface area (Å²) in [5.74, 6) is -0.155. The van der Waals surface area contributed by atoms with Crippen LogP contribution >= 0.6 is 19.6 Å². The Morgan fingerprint density at radius 1 is 1.31 bits per heavy atom. The standard InChI is InChI=1S/C22H27N4O8PS/c1-14(26(13-27)12-17-11-24-15(2)25-21(17)23)19(8-9-34-35(30,31)32)36-20(22(28)29)10-16-6-4-5-7-18(16)33-3/h4-7,10-11,13H,8-9,12H2,1-3H3,(H,28,29)(H2,23,24,25)(H2,30,31,32)/b19-14-,20-10+. The third-order valence-electron chi connectivity index (χ3n) is 4.78. The largest absolute Gasteiger partial charge is 0.496 e. The number of thioether (sulfide) groups is 1. The van der Waals surface area contributed by atoms with Crippen molar-refractivity contribution in [3.63, 3.8) is 0 Å². The van der Waals surface area contributed by atoms with Crippen molar-refractivity contribution in [3.05, 3.63) is 62.9 Å². The first-order chi connectivity index (χ1) is 16.9. The monoisotopic (exact) mass is 538 g/mol. The van der Waals surface area contributed by atoms with Crippen LogP contribution in [0.2, 0.25) is 0 Å². The van der Waals surface area contributed by atoms with Crippen LogP contribution < -0.4 is 10.5 Å². The Labute approximate surface area is 212 Å². The number of hydrogen-bond donors (Lipinski definition) is 4. The fraction of sp³-hybridized carbons (Fsp3) is 0.273. The molecule has 12 nitrogen and oxygen atoms in total. The minimum absolute atomic E-state index is 0.0104. The van der Waals surface area contributed by atoms with Crippen LogP contribution in [0.3, 0.4) is 0 Å². The molecule has 0 radical (unpaired) electrons. The summed E-state index contributed by atoms with van der Waals surface area (Å²) >= 11 is 0.821. The number of para-hydroxylation sites is 1. The lowest BCUT2D eigenvalue weighted by Crippen LogP contribution is -2.22. The molecule has 0 aliphatic carbocycles. The highest BCUT2D eigenvalue weighted by Crippen LogP contribution is 2.39. The van der Waals surface area contributed by atoms with Gasteiger partial charge in [-0.05, 0) is 26.0 Å². The van der Waals surface area contributed by atoms with E-state index in [0.717, 1.165) is 11.8 Å². The van der Waals surface area contributed by atoms with E-state index in [1.807, 2.05) is 0 Å². The van der Waals surface area contributed by atoms with Crippen molar-refractivity contribution in [1.29, 1.82) is 0 Å². The molecule has 0 saturated heterocycles. The number of anilines is 1. The molecule has 194 valence electrons. The number of aliphatic carboxylic acids is 1. The van der Waals surface area contributed by atoms with Crippen LogP contribution in [0.25, 0.3) is 6.08 Å². The Bertz CT molecular complexity index is 1210. The lowest BCUT2D eigenvalue weighted by molar-refractivity contribution is -0.131. The average molecular weight is 539 g/mol. The van der Waals surface area contributed by atoms with Crippen molar-refractivity contribution in [2.75, 3.05) is 19.5 Å². The van der Waals surface area contributed by atoms with Crippen LogP contribution in [0.4, 0.5) is 5.82 Å². The maximum atomic E-state index is 12.1. The summed E-state index contributed by atoms with van der Waals surface area (Å²) < 4.78 is 21.0. The van der Waals surface area contributed by atoms with E-state index in [9.17, 15) is 19.3 Å². The molecule has 1 amide bonds. The summed E-state index contributed by atoms with van der Waals surface area (Å²) in [6.45, 7) is 2.81. The molecule has 14 heteroatoms. The number of rotatable bonds is 13. The van der Waals surface area contributed by atoms with Crippen molar-refractivity contribution in [2.45, 2.75) is 26.8 Å². The van der Waals surface area contributed by atoms with Crippen molar-refractivity contribution < 1.29 is 38.3 Å². The molecule has 0 fully saturated rings. The third kappa shape index (κ3) is 8.77. The van der Waals surface area contributed by atoms with Crippen LogP contribution in [-0.2, 0) is 25.2 Å². The second-order valence-electron chi connectivity index (χ2n) is 7.30. The molecule has 0 atom stereocenters. The van der Waals surface area contributed by atoms with Gasteiger partial charge < -0.3 is 30.3 Å². The van der Waals surface area contributed by atoms with Gasteiger partial charge in [0.2, 0.25) is 6.41 Å². The van der Waals surface area contributed by atoms with Crippen LogP contribution in [0.15, 0.2) is 46.0 Å². The lowest BCUT2D eigenvalue weighted by atomic mass is 10.2. The molecule has 0 aliphatic rings. The molecule has 1 aromatic carbocycles. The minimum atomic E-state index is -4.76. The molecule has 0 spiro atoms. The fourth-order valence-electron chi connectivity index (χ4n) is 2.97. The number of carboxylic acids is 1. The first kappa shape index (κ1) is 29.0. The number of hydrogen-bond acceptors (Lipinski definition) is 9. The highest BCUT2D eigenvalue weighted by atomic mass is 32.2. The predicted molar refractivity (Wildman–Crippen MR) is 134 cm³/mol. The summed E-state index contributed by atoms with van der Waals surface area (Å²) in [6, 6.07) is 6.80. The molecule has 5 N–H and O–H groups in total. The van der Waals surface area contributed by atoms with Crippen LogP contribution in [0.5, 0.6) is 5.75 Å². The number of phosphoric ester groups is 1. The smallest absolute Gasteiger partial charge is 0.469 e. The van der Waals surface area contributed by atoms with Gasteiger partial charge in [0, 0.05) is 34.3 Å². The summed E-state index contributed by atoms with van der Waals surface area (Å²) in [5.41, 5.74) is 7.24. The van der Waals surface area contributed by atoms with Gasteiger partial charge in [-0.3, -0.25) is 9.32 Å². The summed E-state index contributed by atoms with van der Waals surface area (Å²) in [6.07, 6.45) is 3.32. The molecule has 0 saturated carbocycles. The number of nitrogens with two attached hydrogens (primary N) is 1. The molecule has 2 rings (SSSR count). The maximum absolute atomic E-state index is 12.1. The van der Waals surface area contributed by atoms with E-state index in [2.05, 4.69) is 14.5 Å². The first-order valence-corrected chi connectivity index (χ1v) is 12.8. The van der Waals surface area contributed by atoms with Gasteiger partial charge in [0.05, 0.1) is 25.2 Å². The third-order valence-corrected chi connectivity index (χ3v) is 6.56. The molecule has 1 heterocycles. The van der Waals surface area contributed by atoms with Crippen molar-refractivity contribution >= 4 is 43.9 Å². The Morgan fingerprint density at radius 3 is 2.58 bits per heavy atom. The highest BCUT2D eigenvalue weighted by Gasteiger charge is 2.21. The van der Waals surface area contributed by atoms with Crippen LogP contribution in [0, 0.1) is 6.92 Å². The zero-order valence-electron chi connectivity index (χ0n) is 19.8. The normalized spacial score (nSPS) is 12.6. The Hall–Kier alpha value is -3.22. The van der Waals surface area contributed by atoms with Gasteiger partial charge in [-0.15, -0.1) is 0 Å². The van der Waals surface area contributed by atoms with Crippen LogP contribution in [0.1, 0.15) is 30.3 Å². The summed E-state index contributed by atoms with van der Waals surface area (Å²) in [5, 5.41) is 9.85. The van der Waals surface area contributed by atoms with Gasteiger partial charge >= 0.3 is 13.8 Å². The number of carboxylic acid groups (broad SMARTS) is 1.